The highest BCUT2D eigenvalue weighted by Crippen LogP contribution is 2.40. The van der Waals surface area contributed by atoms with Crippen LogP contribution >= 0.6 is 0 Å². The van der Waals surface area contributed by atoms with E-state index < -0.39 is 33.4 Å². The van der Waals surface area contributed by atoms with Crippen molar-refractivity contribution in [2.75, 3.05) is 6.26 Å². The molecule has 4 aromatic rings. The van der Waals surface area contributed by atoms with Crippen LogP contribution in [0.2, 0.25) is 0 Å². The summed E-state index contributed by atoms with van der Waals surface area (Å²) in [4.78, 5) is 0.149. The zero-order chi connectivity index (χ0) is 24.5. The van der Waals surface area contributed by atoms with E-state index in [1.807, 2.05) is 30.3 Å². The summed E-state index contributed by atoms with van der Waals surface area (Å²) in [5, 5.41) is 6.09. The van der Waals surface area contributed by atoms with Gasteiger partial charge in [0.25, 0.3) is 0 Å². The molecule has 176 valence electrons. The molecule has 0 aliphatic heterocycles. The van der Waals surface area contributed by atoms with Gasteiger partial charge in [0, 0.05) is 29.9 Å². The Balaban J connectivity index is 1.83. The van der Waals surface area contributed by atoms with Crippen molar-refractivity contribution in [1.29, 1.82) is 0 Å². The van der Waals surface area contributed by atoms with Gasteiger partial charge in [-0.15, -0.1) is 0 Å². The number of benzene rings is 3. The number of rotatable bonds is 6. The van der Waals surface area contributed by atoms with Crippen molar-refractivity contribution in [3.8, 4) is 11.1 Å². The van der Waals surface area contributed by atoms with Crippen LogP contribution in [0.5, 0.6) is 0 Å². The molecule has 0 bridgehead atoms. The zero-order valence-corrected chi connectivity index (χ0v) is 18.8. The van der Waals surface area contributed by atoms with E-state index in [0.717, 1.165) is 29.5 Å². The van der Waals surface area contributed by atoms with Gasteiger partial charge < -0.3 is 0 Å². The first-order valence-corrected chi connectivity index (χ1v) is 12.2. The minimum atomic E-state index is -4.71. The van der Waals surface area contributed by atoms with Crippen LogP contribution in [0.4, 0.5) is 17.6 Å². The van der Waals surface area contributed by atoms with Crippen LogP contribution in [0, 0.1) is 5.82 Å². The highest BCUT2D eigenvalue weighted by atomic mass is 32.2. The molecule has 4 rings (SSSR count). The van der Waals surface area contributed by atoms with Gasteiger partial charge in [0.15, 0.2) is 15.5 Å². The first-order chi connectivity index (χ1) is 16.0. The van der Waals surface area contributed by atoms with Gasteiger partial charge in [-0.3, -0.25) is 5.10 Å². The van der Waals surface area contributed by atoms with E-state index in [-0.39, 0.29) is 28.1 Å². The van der Waals surface area contributed by atoms with Gasteiger partial charge in [0.2, 0.25) is 0 Å². The highest BCUT2D eigenvalue weighted by molar-refractivity contribution is 7.90. The van der Waals surface area contributed by atoms with Crippen LogP contribution in [0.25, 0.3) is 11.1 Å². The molecule has 0 amide bonds. The van der Waals surface area contributed by atoms with Gasteiger partial charge in [-0.25, -0.2) is 12.8 Å². The molecular formula is C25H20F4N2O2S. The van der Waals surface area contributed by atoms with Gasteiger partial charge in [-0.2, -0.15) is 18.3 Å². The average Bonchev–Trinajstić information content (AvgIpc) is 3.22. The molecule has 4 nitrogen and oxygen atoms in total. The molecule has 0 saturated carbocycles. The Morgan fingerprint density at radius 3 is 2.03 bits per heavy atom. The Kier molecular flexibility index (Phi) is 6.31. The Hall–Kier alpha value is -3.46. The molecule has 0 spiro atoms. The minimum Gasteiger partial charge on any atom is -0.281 e. The summed E-state index contributed by atoms with van der Waals surface area (Å²) < 4.78 is 78.4. The number of halogens is 4. The number of aromatic amines is 1. The van der Waals surface area contributed by atoms with E-state index in [9.17, 15) is 26.0 Å². The van der Waals surface area contributed by atoms with Crippen LogP contribution in [0.15, 0.2) is 83.8 Å². The molecule has 0 aliphatic carbocycles. The molecule has 0 saturated heterocycles. The van der Waals surface area contributed by atoms with Gasteiger partial charge >= 0.3 is 6.18 Å². The van der Waals surface area contributed by atoms with Crippen molar-refractivity contribution >= 4 is 9.84 Å². The lowest BCUT2D eigenvalue weighted by atomic mass is 9.86. The molecule has 34 heavy (non-hydrogen) atoms. The molecule has 0 aliphatic rings. The standard InChI is InChI=1S/C25H20F4N2O2S/c1-34(32,33)20-13-9-17(10-14-20)21(16-5-3-2-4-6-16)15-22-23(18-7-11-19(26)12-8-18)24(31-30-22)25(27,28)29/h2-14,21H,15H2,1H3,(H,30,31). The fraction of sp³-hybridized carbons (Fsp3) is 0.160. The first-order valence-electron chi connectivity index (χ1n) is 10.3. The van der Waals surface area contributed by atoms with E-state index in [1.54, 1.807) is 12.1 Å². The van der Waals surface area contributed by atoms with Crippen LogP contribution in [0.3, 0.4) is 0 Å². The molecule has 0 fully saturated rings. The zero-order valence-electron chi connectivity index (χ0n) is 18.0. The van der Waals surface area contributed by atoms with Crippen LogP contribution in [-0.4, -0.2) is 24.9 Å². The van der Waals surface area contributed by atoms with Crippen molar-refractivity contribution in [3.63, 3.8) is 0 Å². The van der Waals surface area contributed by atoms with E-state index in [1.165, 1.54) is 24.3 Å². The summed E-state index contributed by atoms with van der Waals surface area (Å²) in [6, 6.07) is 20.2. The van der Waals surface area contributed by atoms with Crippen molar-refractivity contribution in [3.05, 3.63) is 107 Å². The van der Waals surface area contributed by atoms with E-state index in [0.29, 0.717) is 0 Å². The lowest BCUT2D eigenvalue weighted by Gasteiger charge is -2.19. The maximum Gasteiger partial charge on any atom is 0.435 e. The number of sulfone groups is 1. The summed E-state index contributed by atoms with van der Waals surface area (Å²) in [6.07, 6.45) is -3.48. The van der Waals surface area contributed by atoms with Crippen molar-refractivity contribution in [2.24, 2.45) is 0 Å². The van der Waals surface area contributed by atoms with Crippen LogP contribution in [-0.2, 0) is 22.4 Å². The molecular weight excluding hydrogens is 468 g/mol. The Morgan fingerprint density at radius 2 is 1.47 bits per heavy atom. The third-order valence-corrected chi connectivity index (χ3v) is 6.69. The van der Waals surface area contributed by atoms with Crippen molar-refractivity contribution in [2.45, 2.75) is 23.4 Å². The Morgan fingerprint density at radius 1 is 0.882 bits per heavy atom. The summed E-state index contributed by atoms with van der Waals surface area (Å²) in [6.45, 7) is 0. The molecule has 0 radical (unpaired) electrons. The number of H-pyrrole nitrogens is 1. The average molecular weight is 489 g/mol. The molecule has 1 N–H and O–H groups in total. The Bertz CT molecular complexity index is 1380. The van der Waals surface area contributed by atoms with E-state index in [2.05, 4.69) is 10.2 Å². The van der Waals surface area contributed by atoms with Gasteiger partial charge in [-0.05, 0) is 41.0 Å². The molecule has 1 aromatic heterocycles. The molecule has 3 aromatic carbocycles. The number of nitrogens with one attached hydrogen (secondary N) is 1. The summed E-state index contributed by atoms with van der Waals surface area (Å²) in [5.74, 6) is -0.953. The van der Waals surface area contributed by atoms with Crippen LogP contribution < -0.4 is 0 Å². The molecule has 9 heteroatoms. The monoisotopic (exact) mass is 488 g/mol. The van der Waals surface area contributed by atoms with Gasteiger partial charge in [0.1, 0.15) is 5.82 Å². The smallest absolute Gasteiger partial charge is 0.281 e. The molecule has 1 heterocycles. The quantitative estimate of drug-likeness (QED) is 0.338. The lowest BCUT2D eigenvalue weighted by molar-refractivity contribution is -0.140. The van der Waals surface area contributed by atoms with Crippen LogP contribution in [0.1, 0.15) is 28.4 Å². The summed E-state index contributed by atoms with van der Waals surface area (Å²) in [5.41, 5.74) is 0.779. The number of hydrogen-bond acceptors (Lipinski definition) is 3. The summed E-state index contributed by atoms with van der Waals surface area (Å²) in [7, 11) is -3.40. The Labute approximate surface area is 194 Å². The van der Waals surface area contributed by atoms with E-state index >= 15 is 0 Å². The number of aromatic nitrogens is 2. The normalized spacial score (nSPS) is 13.1. The maximum atomic E-state index is 13.8. The second-order valence-corrected chi connectivity index (χ2v) is 9.95. The van der Waals surface area contributed by atoms with Gasteiger partial charge in [-0.1, -0.05) is 54.6 Å². The lowest BCUT2D eigenvalue weighted by Crippen LogP contribution is -2.09. The topological polar surface area (TPSA) is 62.8 Å². The third kappa shape index (κ3) is 5.04. The van der Waals surface area contributed by atoms with Gasteiger partial charge in [0.05, 0.1) is 4.90 Å². The fourth-order valence-corrected chi connectivity index (χ4v) is 4.55. The molecule has 1 unspecified atom stereocenters. The van der Waals surface area contributed by atoms with Crippen molar-refractivity contribution < 1.29 is 26.0 Å². The number of nitrogens with zero attached hydrogens (tertiary/aromatic N) is 1. The number of hydrogen-bond donors (Lipinski definition) is 1. The maximum absolute atomic E-state index is 13.8. The minimum absolute atomic E-state index is 0.123. The second-order valence-electron chi connectivity index (χ2n) is 7.94. The number of alkyl halides is 3. The fourth-order valence-electron chi connectivity index (χ4n) is 3.92. The molecule has 1 atom stereocenters. The van der Waals surface area contributed by atoms with E-state index in [4.69, 9.17) is 0 Å². The first kappa shape index (κ1) is 23.7. The predicted molar refractivity (Wildman–Crippen MR) is 121 cm³/mol. The predicted octanol–water partition coefficient (Wildman–Crippen LogP) is 6.01. The summed E-state index contributed by atoms with van der Waals surface area (Å²) >= 11 is 0. The highest BCUT2D eigenvalue weighted by Gasteiger charge is 2.38. The second kappa shape index (κ2) is 9.06. The SMILES string of the molecule is CS(=O)(=O)c1ccc(C(Cc2[nH]nc(C(F)(F)F)c2-c2ccc(F)cc2)c2ccccc2)cc1. The van der Waals surface area contributed by atoms with Crippen molar-refractivity contribution in [1.82, 2.24) is 10.2 Å². The largest absolute Gasteiger partial charge is 0.435 e. The third-order valence-electron chi connectivity index (χ3n) is 5.56.